The number of rotatable bonds is 2. The molecule has 2 nitrogen and oxygen atoms in total. The quantitative estimate of drug-likeness (QED) is 0.474. The smallest absolute Gasteiger partial charge is 0.337 e. The van der Waals surface area contributed by atoms with Gasteiger partial charge in [0.25, 0.3) is 0 Å². The Bertz CT molecular complexity index is 446. The lowest BCUT2D eigenvalue weighted by molar-refractivity contribution is 0.0600. The minimum Gasteiger partial charge on any atom is -0.465 e. The summed E-state index contributed by atoms with van der Waals surface area (Å²) in [5, 5.41) is 0.763. The van der Waals surface area contributed by atoms with E-state index in [1.54, 1.807) is 0 Å². The Morgan fingerprint density at radius 2 is 2.25 bits per heavy atom. The Labute approximate surface area is 102 Å². The predicted molar refractivity (Wildman–Crippen MR) is 63.0 cm³/mol. The van der Waals surface area contributed by atoms with Crippen molar-refractivity contribution in [3.8, 4) is 11.8 Å². The molecule has 1 aromatic rings. The molecule has 0 saturated carbocycles. The van der Waals surface area contributed by atoms with Crippen molar-refractivity contribution in [1.29, 1.82) is 0 Å². The monoisotopic (exact) mass is 284 g/mol. The van der Waals surface area contributed by atoms with Crippen LogP contribution in [0.1, 0.15) is 22.3 Å². The SMILES string of the molecule is COC(=O)c1cc(F)cc(C#CCCBr)c1. The number of hydrogen-bond donors (Lipinski definition) is 0. The summed E-state index contributed by atoms with van der Waals surface area (Å²) in [7, 11) is 1.25. The van der Waals surface area contributed by atoms with Crippen LogP contribution in [-0.4, -0.2) is 18.4 Å². The van der Waals surface area contributed by atoms with Crippen LogP contribution in [0.25, 0.3) is 0 Å². The molecule has 0 unspecified atom stereocenters. The molecule has 0 amide bonds. The number of carbonyl (C=O) groups excluding carboxylic acids is 1. The van der Waals surface area contributed by atoms with Gasteiger partial charge in [0.1, 0.15) is 5.82 Å². The zero-order valence-corrected chi connectivity index (χ0v) is 10.3. The highest BCUT2D eigenvalue weighted by Gasteiger charge is 2.07. The molecule has 0 spiro atoms. The van der Waals surface area contributed by atoms with E-state index in [1.165, 1.54) is 19.2 Å². The lowest BCUT2D eigenvalue weighted by Crippen LogP contribution is -2.02. The standard InChI is InChI=1S/C12H10BrFO2/c1-16-12(15)10-6-9(4-2-3-5-13)7-11(14)8-10/h6-8H,3,5H2,1H3. The number of ether oxygens (including phenoxy) is 1. The number of methoxy groups -OCH3 is 1. The minimum atomic E-state index is -0.567. The second-order valence-electron chi connectivity index (χ2n) is 2.96. The zero-order chi connectivity index (χ0) is 12.0. The van der Waals surface area contributed by atoms with Gasteiger partial charge in [0.2, 0.25) is 0 Å². The first-order chi connectivity index (χ1) is 7.67. The molecule has 0 aliphatic rings. The van der Waals surface area contributed by atoms with E-state index in [1.807, 2.05) is 0 Å². The average molecular weight is 285 g/mol. The molecule has 1 aromatic carbocycles. The van der Waals surface area contributed by atoms with Crippen molar-refractivity contribution in [2.75, 3.05) is 12.4 Å². The molecule has 0 N–H and O–H groups in total. The molecular weight excluding hydrogens is 275 g/mol. The van der Waals surface area contributed by atoms with E-state index < -0.39 is 11.8 Å². The van der Waals surface area contributed by atoms with Crippen molar-refractivity contribution < 1.29 is 13.9 Å². The van der Waals surface area contributed by atoms with Crippen LogP contribution in [0.5, 0.6) is 0 Å². The molecule has 0 fully saturated rings. The van der Waals surface area contributed by atoms with Crippen LogP contribution in [0.2, 0.25) is 0 Å². The lowest BCUT2D eigenvalue weighted by Gasteiger charge is -2.00. The van der Waals surface area contributed by atoms with E-state index in [4.69, 9.17) is 0 Å². The molecule has 16 heavy (non-hydrogen) atoms. The fraction of sp³-hybridized carbons (Fsp3) is 0.250. The number of alkyl halides is 1. The van der Waals surface area contributed by atoms with E-state index in [0.29, 0.717) is 12.0 Å². The van der Waals surface area contributed by atoms with Gasteiger partial charge in [-0.1, -0.05) is 27.8 Å². The summed E-state index contributed by atoms with van der Waals surface area (Å²) in [5.74, 6) is 4.56. The highest BCUT2D eigenvalue weighted by molar-refractivity contribution is 9.09. The van der Waals surface area contributed by atoms with Gasteiger partial charge in [-0.15, -0.1) is 0 Å². The van der Waals surface area contributed by atoms with Crippen LogP contribution in [0.4, 0.5) is 4.39 Å². The summed E-state index contributed by atoms with van der Waals surface area (Å²) < 4.78 is 17.7. The largest absolute Gasteiger partial charge is 0.465 e. The molecule has 0 bridgehead atoms. The third-order valence-electron chi connectivity index (χ3n) is 1.77. The van der Waals surface area contributed by atoms with Crippen LogP contribution in [0.15, 0.2) is 18.2 Å². The van der Waals surface area contributed by atoms with Crippen LogP contribution < -0.4 is 0 Å². The van der Waals surface area contributed by atoms with Gasteiger partial charge < -0.3 is 4.74 Å². The van der Waals surface area contributed by atoms with E-state index in [9.17, 15) is 9.18 Å². The lowest BCUT2D eigenvalue weighted by atomic mass is 10.1. The van der Waals surface area contributed by atoms with E-state index in [2.05, 4.69) is 32.5 Å². The van der Waals surface area contributed by atoms with E-state index in [-0.39, 0.29) is 5.56 Å². The van der Waals surface area contributed by atoms with Crippen molar-refractivity contribution in [3.05, 3.63) is 35.1 Å². The Morgan fingerprint density at radius 1 is 1.50 bits per heavy atom. The first kappa shape index (κ1) is 12.7. The van der Waals surface area contributed by atoms with Crippen molar-refractivity contribution >= 4 is 21.9 Å². The molecule has 0 aliphatic heterocycles. The van der Waals surface area contributed by atoms with Gasteiger partial charge >= 0.3 is 5.97 Å². The average Bonchev–Trinajstić information content (AvgIpc) is 2.27. The highest BCUT2D eigenvalue weighted by atomic mass is 79.9. The maximum absolute atomic E-state index is 13.1. The molecular formula is C12H10BrFO2. The molecule has 1 rings (SSSR count). The maximum atomic E-state index is 13.1. The van der Waals surface area contributed by atoms with E-state index >= 15 is 0 Å². The van der Waals surface area contributed by atoms with Crippen molar-refractivity contribution in [2.24, 2.45) is 0 Å². The number of halogens is 2. The van der Waals surface area contributed by atoms with Crippen LogP contribution >= 0.6 is 15.9 Å². The summed E-state index contributed by atoms with van der Waals surface area (Å²) in [5.41, 5.74) is 0.645. The molecule has 0 heterocycles. The predicted octanol–water partition coefficient (Wildman–Crippen LogP) is 2.75. The first-order valence-electron chi connectivity index (χ1n) is 4.61. The number of hydrogen-bond acceptors (Lipinski definition) is 2. The summed E-state index contributed by atoms with van der Waals surface area (Å²) in [4.78, 5) is 11.2. The van der Waals surface area contributed by atoms with Crippen molar-refractivity contribution in [1.82, 2.24) is 0 Å². The van der Waals surface area contributed by atoms with Gasteiger partial charge in [-0.05, 0) is 18.2 Å². The second-order valence-corrected chi connectivity index (χ2v) is 3.75. The van der Waals surface area contributed by atoms with Gasteiger partial charge in [-0.2, -0.15) is 0 Å². The summed E-state index contributed by atoms with van der Waals surface area (Å²) in [6.07, 6.45) is 0.671. The maximum Gasteiger partial charge on any atom is 0.337 e. The van der Waals surface area contributed by atoms with Crippen LogP contribution in [0, 0.1) is 17.7 Å². The van der Waals surface area contributed by atoms with Gasteiger partial charge in [0.05, 0.1) is 12.7 Å². The minimum absolute atomic E-state index is 0.172. The Kier molecular flexibility index (Phi) is 5.00. The van der Waals surface area contributed by atoms with E-state index in [0.717, 1.165) is 11.4 Å². The Hall–Kier alpha value is -1.34. The van der Waals surface area contributed by atoms with Gasteiger partial charge in [0, 0.05) is 17.3 Å². The fourth-order valence-corrected chi connectivity index (χ4v) is 1.31. The summed E-state index contributed by atoms with van der Waals surface area (Å²) in [6, 6.07) is 3.92. The fourth-order valence-electron chi connectivity index (χ4n) is 1.11. The molecule has 0 aliphatic carbocycles. The molecule has 0 atom stereocenters. The molecule has 0 radical (unpaired) electrons. The van der Waals surface area contributed by atoms with Crippen molar-refractivity contribution in [3.63, 3.8) is 0 Å². The van der Waals surface area contributed by atoms with Crippen molar-refractivity contribution in [2.45, 2.75) is 6.42 Å². The Morgan fingerprint density at radius 3 is 2.88 bits per heavy atom. The first-order valence-corrected chi connectivity index (χ1v) is 5.73. The van der Waals surface area contributed by atoms with Crippen LogP contribution in [0.3, 0.4) is 0 Å². The normalized spacial score (nSPS) is 9.19. The number of carbonyl (C=O) groups is 1. The highest BCUT2D eigenvalue weighted by Crippen LogP contribution is 2.09. The second kappa shape index (κ2) is 6.29. The molecule has 0 aromatic heterocycles. The number of esters is 1. The molecule has 4 heteroatoms. The van der Waals surface area contributed by atoms with Crippen LogP contribution in [-0.2, 0) is 4.74 Å². The third-order valence-corrected chi connectivity index (χ3v) is 2.17. The topological polar surface area (TPSA) is 26.3 Å². The molecule has 0 saturated heterocycles. The van der Waals surface area contributed by atoms with Gasteiger partial charge in [0.15, 0.2) is 0 Å². The summed E-state index contributed by atoms with van der Waals surface area (Å²) in [6.45, 7) is 0. The Balaban J connectivity index is 3.00. The molecule has 84 valence electrons. The number of benzene rings is 1. The van der Waals surface area contributed by atoms with Gasteiger partial charge in [-0.25, -0.2) is 9.18 Å². The van der Waals surface area contributed by atoms with Gasteiger partial charge in [-0.3, -0.25) is 0 Å². The third kappa shape index (κ3) is 3.67. The zero-order valence-electron chi connectivity index (χ0n) is 8.72. The summed E-state index contributed by atoms with van der Waals surface area (Å²) >= 11 is 3.24.